The maximum atomic E-state index is 12.6. The number of amides is 2. The molecule has 2 atom stereocenters. The van der Waals surface area contributed by atoms with Crippen molar-refractivity contribution >= 4 is 27.5 Å². The fraction of sp³-hybridized carbons (Fsp3) is 0.444. The van der Waals surface area contributed by atoms with Crippen LogP contribution in [0.5, 0.6) is 0 Å². The summed E-state index contributed by atoms with van der Waals surface area (Å²) in [6.07, 6.45) is 4.21. The van der Waals surface area contributed by atoms with E-state index in [1.165, 1.54) is 6.08 Å². The summed E-state index contributed by atoms with van der Waals surface area (Å²) >= 11 is 6.15. The summed E-state index contributed by atoms with van der Waals surface area (Å²) in [5, 5.41) is 13.2. The number of hydrogen-bond acceptors (Lipinski definition) is 4. The number of hydrogen-bond donors (Lipinski definition) is 1. The Morgan fingerprint density at radius 2 is 2.23 bits per heavy atom. The molecule has 0 unspecified atom stereocenters. The summed E-state index contributed by atoms with van der Waals surface area (Å²) < 4.78 is 22.2. The SMILES string of the molecule is C[C@@H]1CCN(C(=O)NC/C=C/S(C)(=O)=O)[C@H](c2ccc(C#N)c(Cl)c2)C1. The quantitative estimate of drug-likeness (QED) is 0.847. The fourth-order valence-corrected chi connectivity index (χ4v) is 3.68. The van der Waals surface area contributed by atoms with Gasteiger partial charge in [0.15, 0.2) is 9.84 Å². The number of piperidine rings is 1. The molecule has 0 aromatic heterocycles. The van der Waals surface area contributed by atoms with E-state index in [1.807, 2.05) is 12.1 Å². The van der Waals surface area contributed by atoms with Gasteiger partial charge in [-0.05, 0) is 36.5 Å². The summed E-state index contributed by atoms with van der Waals surface area (Å²) in [5.41, 5.74) is 1.29. The maximum Gasteiger partial charge on any atom is 0.318 e. The number of rotatable bonds is 4. The summed E-state index contributed by atoms with van der Waals surface area (Å²) in [6, 6.07) is 6.89. The lowest BCUT2D eigenvalue weighted by atomic mass is 9.88. The number of sulfone groups is 1. The third kappa shape index (κ3) is 5.48. The number of halogens is 1. The minimum Gasteiger partial charge on any atom is -0.334 e. The lowest BCUT2D eigenvalue weighted by molar-refractivity contribution is 0.132. The highest BCUT2D eigenvalue weighted by atomic mass is 35.5. The Kier molecular flexibility index (Phi) is 6.68. The summed E-state index contributed by atoms with van der Waals surface area (Å²) in [7, 11) is -3.21. The normalized spacial score (nSPS) is 20.8. The highest BCUT2D eigenvalue weighted by Crippen LogP contribution is 2.35. The zero-order valence-electron chi connectivity index (χ0n) is 14.8. The first-order valence-electron chi connectivity index (χ1n) is 8.32. The second kappa shape index (κ2) is 8.56. The zero-order chi connectivity index (χ0) is 19.3. The van der Waals surface area contributed by atoms with Crippen molar-refractivity contribution in [2.45, 2.75) is 25.8 Å². The smallest absolute Gasteiger partial charge is 0.318 e. The number of carbonyl (C=O) groups excluding carboxylic acids is 1. The van der Waals surface area contributed by atoms with Gasteiger partial charge in [-0.25, -0.2) is 13.2 Å². The Hall–Kier alpha value is -2.04. The van der Waals surface area contributed by atoms with Crippen molar-refractivity contribution in [2.24, 2.45) is 5.92 Å². The average molecular weight is 396 g/mol. The van der Waals surface area contributed by atoms with Crippen molar-refractivity contribution in [2.75, 3.05) is 19.3 Å². The van der Waals surface area contributed by atoms with E-state index in [4.69, 9.17) is 16.9 Å². The molecule has 140 valence electrons. The molecule has 1 saturated heterocycles. The van der Waals surface area contributed by atoms with E-state index in [2.05, 4.69) is 12.2 Å². The molecule has 0 saturated carbocycles. The van der Waals surface area contributed by atoms with Crippen LogP contribution in [0.3, 0.4) is 0 Å². The van der Waals surface area contributed by atoms with Gasteiger partial charge >= 0.3 is 6.03 Å². The van der Waals surface area contributed by atoms with E-state index in [1.54, 1.807) is 17.0 Å². The topological polar surface area (TPSA) is 90.3 Å². The minimum atomic E-state index is -3.21. The molecule has 1 N–H and O–H groups in total. The van der Waals surface area contributed by atoms with Crippen LogP contribution in [-0.2, 0) is 9.84 Å². The average Bonchev–Trinajstić information content (AvgIpc) is 2.57. The van der Waals surface area contributed by atoms with E-state index in [0.717, 1.165) is 30.1 Å². The van der Waals surface area contributed by atoms with Crippen LogP contribution in [0.15, 0.2) is 29.7 Å². The molecular weight excluding hydrogens is 374 g/mol. The number of nitriles is 1. The number of nitrogens with one attached hydrogen (secondary N) is 1. The minimum absolute atomic E-state index is 0.136. The van der Waals surface area contributed by atoms with Crippen molar-refractivity contribution in [3.8, 4) is 6.07 Å². The first-order chi connectivity index (χ1) is 12.2. The molecule has 0 spiro atoms. The number of benzene rings is 1. The number of nitrogens with zero attached hydrogens (tertiary/aromatic N) is 2. The van der Waals surface area contributed by atoms with Gasteiger partial charge in [-0.1, -0.05) is 30.7 Å². The lowest BCUT2D eigenvalue weighted by Gasteiger charge is -2.38. The molecule has 1 aromatic rings. The molecule has 1 aliphatic rings. The Labute approximate surface area is 159 Å². The van der Waals surface area contributed by atoms with Crippen LogP contribution < -0.4 is 5.32 Å². The van der Waals surface area contributed by atoms with E-state index >= 15 is 0 Å². The van der Waals surface area contributed by atoms with Gasteiger partial charge < -0.3 is 10.2 Å². The highest BCUT2D eigenvalue weighted by molar-refractivity contribution is 7.93. The van der Waals surface area contributed by atoms with Gasteiger partial charge in [0.1, 0.15) is 6.07 Å². The van der Waals surface area contributed by atoms with Gasteiger partial charge in [0.2, 0.25) is 0 Å². The molecule has 0 radical (unpaired) electrons. The third-order valence-corrected chi connectivity index (χ3v) is 5.34. The molecule has 6 nitrogen and oxygen atoms in total. The molecular formula is C18H22ClN3O3S. The summed E-state index contributed by atoms with van der Waals surface area (Å²) in [4.78, 5) is 14.3. The fourth-order valence-electron chi connectivity index (χ4n) is 3.00. The Balaban J connectivity index is 2.14. The molecule has 0 aliphatic carbocycles. The zero-order valence-corrected chi connectivity index (χ0v) is 16.3. The monoisotopic (exact) mass is 395 g/mol. The van der Waals surface area contributed by atoms with Crippen molar-refractivity contribution < 1.29 is 13.2 Å². The van der Waals surface area contributed by atoms with Crippen LogP contribution >= 0.6 is 11.6 Å². The molecule has 1 aliphatic heterocycles. The lowest BCUT2D eigenvalue weighted by Crippen LogP contribution is -2.46. The molecule has 2 rings (SSSR count). The van der Waals surface area contributed by atoms with Gasteiger partial charge in [-0.2, -0.15) is 5.26 Å². The van der Waals surface area contributed by atoms with Crippen LogP contribution in [0.4, 0.5) is 4.79 Å². The van der Waals surface area contributed by atoms with Crippen LogP contribution in [0.1, 0.15) is 36.9 Å². The standard InChI is InChI=1S/C18H22ClN3O3S/c1-13-6-8-22(18(23)21-7-3-9-26(2,24)25)17(10-13)14-4-5-15(12-20)16(19)11-14/h3-5,9,11,13,17H,6-8,10H2,1-2H3,(H,21,23)/b9-3+/t13-,17+/m1/s1. The highest BCUT2D eigenvalue weighted by Gasteiger charge is 2.31. The van der Waals surface area contributed by atoms with Gasteiger partial charge in [-0.15, -0.1) is 0 Å². The van der Waals surface area contributed by atoms with E-state index < -0.39 is 9.84 Å². The molecule has 8 heteroatoms. The number of urea groups is 1. The van der Waals surface area contributed by atoms with E-state index in [9.17, 15) is 13.2 Å². The Morgan fingerprint density at radius 1 is 1.50 bits per heavy atom. The Bertz CT molecular complexity index is 846. The van der Waals surface area contributed by atoms with Gasteiger partial charge in [0, 0.05) is 24.8 Å². The molecule has 0 bridgehead atoms. The molecule has 1 fully saturated rings. The number of likely N-dealkylation sites (tertiary alicyclic amines) is 1. The van der Waals surface area contributed by atoms with Crippen LogP contribution in [0.2, 0.25) is 5.02 Å². The molecule has 1 aromatic carbocycles. The first kappa shape index (κ1) is 20.3. The van der Waals surface area contributed by atoms with Crippen LogP contribution in [0, 0.1) is 17.2 Å². The first-order valence-corrected chi connectivity index (χ1v) is 10.6. The largest absolute Gasteiger partial charge is 0.334 e. The summed E-state index contributed by atoms with van der Waals surface area (Å²) in [5.74, 6) is 0.462. The summed E-state index contributed by atoms with van der Waals surface area (Å²) in [6.45, 7) is 2.88. The Morgan fingerprint density at radius 3 is 2.85 bits per heavy atom. The maximum absolute atomic E-state index is 12.6. The van der Waals surface area contributed by atoms with Crippen molar-refractivity contribution in [3.05, 3.63) is 45.8 Å². The van der Waals surface area contributed by atoms with Crippen molar-refractivity contribution in [1.29, 1.82) is 5.26 Å². The van der Waals surface area contributed by atoms with E-state index in [-0.39, 0.29) is 18.6 Å². The van der Waals surface area contributed by atoms with Crippen LogP contribution in [0.25, 0.3) is 0 Å². The molecule has 1 heterocycles. The van der Waals surface area contributed by atoms with Crippen LogP contribution in [-0.4, -0.2) is 38.7 Å². The van der Waals surface area contributed by atoms with Gasteiger partial charge in [-0.3, -0.25) is 0 Å². The third-order valence-electron chi connectivity index (χ3n) is 4.34. The number of carbonyl (C=O) groups is 1. The van der Waals surface area contributed by atoms with Gasteiger partial charge in [0.05, 0.1) is 16.6 Å². The van der Waals surface area contributed by atoms with Gasteiger partial charge in [0.25, 0.3) is 0 Å². The second-order valence-corrected chi connectivity index (χ2v) is 8.92. The van der Waals surface area contributed by atoms with E-state index in [0.29, 0.717) is 23.0 Å². The second-order valence-electron chi connectivity index (χ2n) is 6.58. The molecule has 2 amide bonds. The van der Waals surface area contributed by atoms with Crippen molar-refractivity contribution in [1.82, 2.24) is 10.2 Å². The predicted octanol–water partition coefficient (Wildman–Crippen LogP) is 3.25. The molecule has 26 heavy (non-hydrogen) atoms. The predicted molar refractivity (Wildman–Crippen MR) is 101 cm³/mol. The van der Waals surface area contributed by atoms with Crippen molar-refractivity contribution in [3.63, 3.8) is 0 Å².